The number of benzene rings is 2. The molecular weight excluding hydrogens is 420 g/mol. The van der Waals surface area contributed by atoms with Gasteiger partial charge in [0.25, 0.3) is 0 Å². The number of hydrazone groups is 1. The van der Waals surface area contributed by atoms with Gasteiger partial charge >= 0.3 is 0 Å². The molecule has 2 unspecified atom stereocenters. The lowest BCUT2D eigenvalue weighted by molar-refractivity contribution is -0.131. The molecule has 174 valence electrons. The summed E-state index contributed by atoms with van der Waals surface area (Å²) >= 11 is 0. The van der Waals surface area contributed by atoms with Crippen molar-refractivity contribution in [2.24, 2.45) is 11.0 Å². The van der Waals surface area contributed by atoms with E-state index in [4.69, 9.17) is 24.0 Å². The number of hydrogen-bond acceptors (Lipinski definition) is 6. The van der Waals surface area contributed by atoms with Gasteiger partial charge in [-0.05, 0) is 66.3 Å². The molecule has 2 aliphatic rings. The molecule has 0 saturated heterocycles. The summed E-state index contributed by atoms with van der Waals surface area (Å²) in [6.07, 6.45) is 5.04. The van der Waals surface area contributed by atoms with E-state index in [2.05, 4.69) is 6.08 Å². The van der Waals surface area contributed by atoms with Gasteiger partial charge in [-0.1, -0.05) is 12.1 Å². The highest BCUT2D eigenvalue weighted by molar-refractivity contribution is 6.08. The van der Waals surface area contributed by atoms with Gasteiger partial charge < -0.3 is 18.9 Å². The number of methoxy groups -OCH3 is 4. The van der Waals surface area contributed by atoms with Gasteiger partial charge in [0.15, 0.2) is 23.0 Å². The van der Waals surface area contributed by atoms with E-state index < -0.39 is 0 Å². The van der Waals surface area contributed by atoms with E-state index in [1.54, 1.807) is 40.4 Å². The Hall–Kier alpha value is -3.48. The van der Waals surface area contributed by atoms with E-state index in [1.165, 1.54) is 0 Å². The van der Waals surface area contributed by atoms with Crippen molar-refractivity contribution in [3.05, 3.63) is 53.1 Å². The number of hydrogen-bond donors (Lipinski definition) is 0. The lowest BCUT2D eigenvalue weighted by atomic mass is 9.77. The lowest BCUT2D eigenvalue weighted by Crippen LogP contribution is -2.30. The van der Waals surface area contributed by atoms with Crippen LogP contribution in [0.3, 0.4) is 0 Å². The third kappa shape index (κ3) is 4.27. The molecule has 1 aliphatic heterocycles. The van der Waals surface area contributed by atoms with Crippen LogP contribution in [0.2, 0.25) is 0 Å². The highest BCUT2D eigenvalue weighted by Crippen LogP contribution is 2.46. The number of fused-ring (bicyclic) bond motifs is 1. The van der Waals surface area contributed by atoms with E-state index in [1.807, 2.05) is 36.4 Å². The van der Waals surface area contributed by atoms with E-state index in [0.717, 1.165) is 41.7 Å². The van der Waals surface area contributed by atoms with E-state index in [-0.39, 0.29) is 17.9 Å². The minimum atomic E-state index is -0.175. The van der Waals surface area contributed by atoms with Crippen molar-refractivity contribution in [2.75, 3.05) is 28.4 Å². The fourth-order valence-electron chi connectivity index (χ4n) is 4.78. The normalized spacial score (nSPS) is 20.8. The number of nitrogens with zero attached hydrogens (tertiary/aromatic N) is 2. The summed E-state index contributed by atoms with van der Waals surface area (Å²) in [5.74, 6) is 2.71. The van der Waals surface area contributed by atoms with Gasteiger partial charge in [0.2, 0.25) is 5.91 Å². The molecule has 0 bridgehead atoms. The summed E-state index contributed by atoms with van der Waals surface area (Å²) in [5, 5.41) is 6.44. The third-order valence-electron chi connectivity index (χ3n) is 6.32. The predicted octanol–water partition coefficient (Wildman–Crippen LogP) is 4.86. The number of carbonyl (C=O) groups is 1. The zero-order valence-electron chi connectivity index (χ0n) is 19.8. The molecule has 0 N–H and O–H groups in total. The van der Waals surface area contributed by atoms with Gasteiger partial charge in [-0.3, -0.25) is 4.79 Å². The van der Waals surface area contributed by atoms with Crippen LogP contribution < -0.4 is 18.9 Å². The quantitative estimate of drug-likeness (QED) is 0.628. The highest BCUT2D eigenvalue weighted by atomic mass is 16.5. The Bertz CT molecular complexity index is 1110. The zero-order valence-corrected chi connectivity index (χ0v) is 19.8. The summed E-state index contributed by atoms with van der Waals surface area (Å²) in [6.45, 7) is 1.56. The summed E-state index contributed by atoms with van der Waals surface area (Å²) in [4.78, 5) is 12.6. The Kier molecular flexibility index (Phi) is 6.58. The Labute approximate surface area is 194 Å². The fourth-order valence-corrected chi connectivity index (χ4v) is 4.78. The largest absolute Gasteiger partial charge is 0.493 e. The van der Waals surface area contributed by atoms with Crippen molar-refractivity contribution in [3.8, 4) is 23.0 Å². The molecule has 1 fully saturated rings. The maximum absolute atomic E-state index is 12.6. The SMILES string of the molecule is COc1ccc(C=C2CCCC3C2=NN(C(C)=O)C3c2ccc(OC)c(OC)c2)cc1OC. The molecule has 0 aromatic heterocycles. The van der Waals surface area contributed by atoms with Gasteiger partial charge in [0.1, 0.15) is 0 Å². The highest BCUT2D eigenvalue weighted by Gasteiger charge is 2.43. The molecular formula is C26H30N2O5. The van der Waals surface area contributed by atoms with Gasteiger partial charge in [0.05, 0.1) is 40.2 Å². The summed E-state index contributed by atoms with van der Waals surface area (Å²) in [7, 11) is 6.48. The molecule has 0 radical (unpaired) electrons. The summed E-state index contributed by atoms with van der Waals surface area (Å²) < 4.78 is 21.7. The first kappa shape index (κ1) is 22.7. The van der Waals surface area contributed by atoms with Gasteiger partial charge in [-0.25, -0.2) is 5.01 Å². The number of carbonyl (C=O) groups excluding carboxylic acids is 1. The first-order valence-electron chi connectivity index (χ1n) is 11.0. The maximum Gasteiger partial charge on any atom is 0.240 e. The first-order valence-corrected chi connectivity index (χ1v) is 11.0. The van der Waals surface area contributed by atoms with Crippen LogP contribution in [0.25, 0.3) is 6.08 Å². The molecule has 2 aromatic carbocycles. The van der Waals surface area contributed by atoms with Crippen molar-refractivity contribution in [1.82, 2.24) is 5.01 Å². The summed E-state index contributed by atoms with van der Waals surface area (Å²) in [6, 6.07) is 11.5. The van der Waals surface area contributed by atoms with Gasteiger partial charge in [0, 0.05) is 12.8 Å². The molecule has 1 saturated carbocycles. The van der Waals surface area contributed by atoms with Crippen molar-refractivity contribution in [3.63, 3.8) is 0 Å². The predicted molar refractivity (Wildman–Crippen MR) is 127 cm³/mol. The van der Waals surface area contributed by atoms with Crippen LogP contribution in [0.15, 0.2) is 47.1 Å². The standard InChI is InChI=1S/C26H30N2O5/c1-16(29)28-26(19-10-12-22(31-3)24(15-19)33-5)20-8-6-7-18(25(20)27-28)13-17-9-11-21(30-2)23(14-17)32-4/h9-15,20,26H,6-8H2,1-5H3. The Morgan fingerprint density at radius 3 is 2.21 bits per heavy atom. The number of amides is 1. The minimum Gasteiger partial charge on any atom is -0.493 e. The van der Waals surface area contributed by atoms with Crippen LogP contribution in [0.4, 0.5) is 0 Å². The molecule has 0 spiro atoms. The van der Waals surface area contributed by atoms with Crippen molar-refractivity contribution in [1.29, 1.82) is 0 Å². The molecule has 1 aliphatic carbocycles. The molecule has 1 heterocycles. The molecule has 2 atom stereocenters. The maximum atomic E-state index is 12.6. The molecule has 2 aromatic rings. The monoisotopic (exact) mass is 450 g/mol. The lowest BCUT2D eigenvalue weighted by Gasteiger charge is -2.29. The van der Waals surface area contributed by atoms with E-state index >= 15 is 0 Å². The zero-order chi connectivity index (χ0) is 23.5. The second-order valence-electron chi connectivity index (χ2n) is 8.19. The van der Waals surface area contributed by atoms with Crippen LogP contribution in [-0.2, 0) is 4.79 Å². The second-order valence-corrected chi connectivity index (χ2v) is 8.19. The van der Waals surface area contributed by atoms with E-state index in [9.17, 15) is 4.79 Å². The average Bonchev–Trinajstić information content (AvgIpc) is 3.24. The Morgan fingerprint density at radius 2 is 1.58 bits per heavy atom. The van der Waals surface area contributed by atoms with Crippen molar-refractivity contribution in [2.45, 2.75) is 32.2 Å². The fraction of sp³-hybridized carbons (Fsp3) is 0.385. The second kappa shape index (κ2) is 9.57. The number of allylic oxidation sites excluding steroid dienone is 1. The average molecular weight is 451 g/mol. The summed E-state index contributed by atoms with van der Waals surface area (Å²) in [5.41, 5.74) is 4.12. The van der Waals surface area contributed by atoms with Crippen LogP contribution >= 0.6 is 0 Å². The van der Waals surface area contributed by atoms with Crippen molar-refractivity contribution < 1.29 is 23.7 Å². The van der Waals surface area contributed by atoms with E-state index in [0.29, 0.717) is 23.0 Å². The Balaban J connectivity index is 1.72. The number of ether oxygens (including phenoxy) is 4. The smallest absolute Gasteiger partial charge is 0.240 e. The van der Waals surface area contributed by atoms with Crippen LogP contribution in [0.1, 0.15) is 43.4 Å². The molecule has 33 heavy (non-hydrogen) atoms. The first-order chi connectivity index (χ1) is 16.0. The Morgan fingerprint density at radius 1 is 0.939 bits per heavy atom. The molecule has 7 nitrogen and oxygen atoms in total. The molecule has 1 amide bonds. The van der Waals surface area contributed by atoms with Crippen molar-refractivity contribution >= 4 is 17.7 Å². The number of rotatable bonds is 6. The molecule has 4 rings (SSSR count). The topological polar surface area (TPSA) is 69.6 Å². The third-order valence-corrected chi connectivity index (χ3v) is 6.32. The van der Waals surface area contributed by atoms with Crippen LogP contribution in [-0.4, -0.2) is 45.1 Å². The molecule has 7 heteroatoms. The van der Waals surface area contributed by atoms with Gasteiger partial charge in [-0.2, -0.15) is 5.10 Å². The minimum absolute atomic E-state index is 0.0813. The van der Waals surface area contributed by atoms with Crippen LogP contribution in [0.5, 0.6) is 23.0 Å². The van der Waals surface area contributed by atoms with Crippen LogP contribution in [0, 0.1) is 5.92 Å². The van der Waals surface area contributed by atoms with Gasteiger partial charge in [-0.15, -0.1) is 0 Å².